The molecule has 0 N–H and O–H groups in total. The monoisotopic (exact) mass is 205 g/mol. The number of fused-ring (bicyclic) bond motifs is 2. The van der Waals surface area contributed by atoms with Crippen molar-refractivity contribution in [2.75, 3.05) is 6.54 Å². The molecule has 0 saturated carbocycles. The topological polar surface area (TPSA) is 20.3 Å². The lowest BCUT2D eigenvalue weighted by Crippen LogP contribution is -2.48. The van der Waals surface area contributed by atoms with E-state index in [2.05, 4.69) is 18.1 Å². The van der Waals surface area contributed by atoms with Gasteiger partial charge < -0.3 is 0 Å². The Morgan fingerprint density at radius 3 is 2.80 bits per heavy atom. The third kappa shape index (κ3) is 1.78. The summed E-state index contributed by atoms with van der Waals surface area (Å²) < 4.78 is 0. The predicted molar refractivity (Wildman–Crippen MR) is 61.6 cm³/mol. The van der Waals surface area contributed by atoms with E-state index in [9.17, 15) is 4.79 Å². The van der Waals surface area contributed by atoms with Crippen LogP contribution in [0.25, 0.3) is 0 Å². The molecule has 2 rings (SSSR count). The lowest BCUT2D eigenvalue weighted by atomic mass is 9.86. The second-order valence-electron chi connectivity index (χ2n) is 4.59. The standard InChI is InChI=1S/C13H19NO/c1-3-5-11-12-7-6-10(9-13(11)15)14(12)8-4-2/h3-4,10-12H,1-2,5-9H2/t10?,11-,12-/m0/s1. The Labute approximate surface area is 91.6 Å². The smallest absolute Gasteiger partial charge is 0.139 e. The van der Waals surface area contributed by atoms with Crippen molar-refractivity contribution in [2.24, 2.45) is 5.92 Å². The zero-order chi connectivity index (χ0) is 10.8. The molecule has 2 aliphatic rings. The molecule has 3 atom stereocenters. The van der Waals surface area contributed by atoms with Crippen molar-refractivity contribution in [3.8, 4) is 0 Å². The molecule has 0 radical (unpaired) electrons. The Hall–Kier alpha value is -0.890. The van der Waals surface area contributed by atoms with Gasteiger partial charge in [0, 0.05) is 31.0 Å². The molecule has 82 valence electrons. The molecular weight excluding hydrogens is 186 g/mol. The number of hydrogen-bond donors (Lipinski definition) is 0. The molecule has 0 amide bonds. The van der Waals surface area contributed by atoms with Crippen molar-refractivity contribution in [2.45, 2.75) is 37.8 Å². The Balaban J connectivity index is 2.15. The number of nitrogens with zero attached hydrogens (tertiary/aromatic N) is 1. The van der Waals surface area contributed by atoms with Gasteiger partial charge in [0.2, 0.25) is 0 Å². The number of carbonyl (C=O) groups excluding carboxylic acids is 1. The molecule has 15 heavy (non-hydrogen) atoms. The highest BCUT2D eigenvalue weighted by atomic mass is 16.1. The highest BCUT2D eigenvalue weighted by Crippen LogP contribution is 2.38. The number of rotatable bonds is 4. The first-order chi connectivity index (χ1) is 7.27. The van der Waals surface area contributed by atoms with E-state index in [0.717, 1.165) is 19.4 Å². The summed E-state index contributed by atoms with van der Waals surface area (Å²) in [5.74, 6) is 0.643. The molecule has 2 nitrogen and oxygen atoms in total. The quantitative estimate of drug-likeness (QED) is 0.656. The molecule has 0 aromatic rings. The van der Waals surface area contributed by atoms with Crippen molar-refractivity contribution in [3.05, 3.63) is 25.3 Å². The van der Waals surface area contributed by atoms with Gasteiger partial charge in [-0.3, -0.25) is 9.69 Å². The summed E-state index contributed by atoms with van der Waals surface area (Å²) in [5.41, 5.74) is 0. The molecule has 2 bridgehead atoms. The highest BCUT2D eigenvalue weighted by molar-refractivity contribution is 5.83. The minimum absolute atomic E-state index is 0.196. The summed E-state index contributed by atoms with van der Waals surface area (Å²) in [6.45, 7) is 8.47. The van der Waals surface area contributed by atoms with E-state index in [1.165, 1.54) is 12.8 Å². The van der Waals surface area contributed by atoms with Gasteiger partial charge in [0.05, 0.1) is 0 Å². The average molecular weight is 205 g/mol. The summed E-state index contributed by atoms with van der Waals surface area (Å²) in [4.78, 5) is 14.4. The molecule has 2 heteroatoms. The summed E-state index contributed by atoms with van der Waals surface area (Å²) in [6, 6.07) is 0.939. The molecule has 2 saturated heterocycles. The van der Waals surface area contributed by atoms with E-state index in [1.807, 2.05) is 12.2 Å². The van der Waals surface area contributed by atoms with Gasteiger partial charge in [0.25, 0.3) is 0 Å². The SMILES string of the molecule is C=CC[C@@H]1C(=O)CC2CC[C@@H]1N2CC=C. The number of ketones is 1. The Morgan fingerprint density at radius 2 is 2.13 bits per heavy atom. The maximum Gasteiger partial charge on any atom is 0.139 e. The minimum atomic E-state index is 0.196. The molecule has 2 aliphatic heterocycles. The van der Waals surface area contributed by atoms with E-state index < -0.39 is 0 Å². The average Bonchev–Trinajstić information content (AvgIpc) is 2.50. The maximum absolute atomic E-state index is 11.9. The van der Waals surface area contributed by atoms with Crippen LogP contribution in [0.3, 0.4) is 0 Å². The summed E-state index contributed by atoms with van der Waals surface area (Å²) in [6.07, 6.45) is 7.76. The third-order valence-corrected chi connectivity index (χ3v) is 3.77. The molecule has 2 heterocycles. The first kappa shape index (κ1) is 10.6. The van der Waals surface area contributed by atoms with Crippen molar-refractivity contribution in [1.82, 2.24) is 4.90 Å². The lowest BCUT2D eigenvalue weighted by Gasteiger charge is -2.38. The van der Waals surface area contributed by atoms with Crippen LogP contribution in [0.15, 0.2) is 25.3 Å². The second kappa shape index (κ2) is 4.31. The summed E-state index contributed by atoms with van der Waals surface area (Å²) >= 11 is 0. The summed E-state index contributed by atoms with van der Waals surface area (Å²) in [5, 5.41) is 0. The van der Waals surface area contributed by atoms with Crippen LogP contribution in [-0.2, 0) is 4.79 Å². The third-order valence-electron chi connectivity index (χ3n) is 3.77. The van der Waals surface area contributed by atoms with Gasteiger partial charge in [-0.25, -0.2) is 0 Å². The molecular formula is C13H19NO. The van der Waals surface area contributed by atoms with Gasteiger partial charge in [-0.2, -0.15) is 0 Å². The fourth-order valence-electron chi connectivity index (χ4n) is 3.12. The molecule has 0 aromatic carbocycles. The Kier molecular flexibility index (Phi) is 3.06. The van der Waals surface area contributed by atoms with Crippen LogP contribution in [-0.4, -0.2) is 29.3 Å². The van der Waals surface area contributed by atoms with Gasteiger partial charge in [0.15, 0.2) is 0 Å². The zero-order valence-corrected chi connectivity index (χ0v) is 9.19. The van der Waals surface area contributed by atoms with Crippen LogP contribution < -0.4 is 0 Å². The van der Waals surface area contributed by atoms with Gasteiger partial charge in [-0.1, -0.05) is 12.2 Å². The van der Waals surface area contributed by atoms with Crippen LogP contribution >= 0.6 is 0 Å². The second-order valence-corrected chi connectivity index (χ2v) is 4.59. The maximum atomic E-state index is 11.9. The highest BCUT2D eigenvalue weighted by Gasteiger charge is 2.45. The largest absolute Gasteiger partial charge is 0.299 e. The van der Waals surface area contributed by atoms with Gasteiger partial charge >= 0.3 is 0 Å². The van der Waals surface area contributed by atoms with E-state index in [1.54, 1.807) is 0 Å². The van der Waals surface area contributed by atoms with Gasteiger partial charge in [-0.05, 0) is 19.3 Å². The van der Waals surface area contributed by atoms with Gasteiger partial charge in [-0.15, -0.1) is 13.2 Å². The van der Waals surface area contributed by atoms with Crippen LogP contribution in [0.4, 0.5) is 0 Å². The van der Waals surface area contributed by atoms with E-state index in [0.29, 0.717) is 17.9 Å². The van der Waals surface area contributed by atoms with Crippen LogP contribution in [0.2, 0.25) is 0 Å². The normalized spacial score (nSPS) is 35.5. The fraction of sp³-hybridized carbons (Fsp3) is 0.615. The van der Waals surface area contributed by atoms with Crippen LogP contribution in [0, 0.1) is 5.92 Å². The summed E-state index contributed by atoms with van der Waals surface area (Å²) in [7, 11) is 0. The molecule has 1 unspecified atom stereocenters. The van der Waals surface area contributed by atoms with Crippen molar-refractivity contribution >= 4 is 5.78 Å². The number of Topliss-reactive ketones (excluding diaryl/α,β-unsaturated/α-hetero) is 1. The van der Waals surface area contributed by atoms with Crippen molar-refractivity contribution in [1.29, 1.82) is 0 Å². The Bertz CT molecular complexity index is 284. The van der Waals surface area contributed by atoms with Crippen LogP contribution in [0.1, 0.15) is 25.7 Å². The predicted octanol–water partition coefficient (Wildman–Crippen LogP) is 2.17. The van der Waals surface area contributed by atoms with Gasteiger partial charge in [0.1, 0.15) is 5.78 Å². The number of allylic oxidation sites excluding steroid dienone is 1. The molecule has 2 fully saturated rings. The number of carbonyl (C=O) groups is 1. The first-order valence-electron chi connectivity index (χ1n) is 5.78. The van der Waals surface area contributed by atoms with E-state index in [-0.39, 0.29) is 5.92 Å². The van der Waals surface area contributed by atoms with Crippen LogP contribution in [0.5, 0.6) is 0 Å². The number of hydrogen-bond acceptors (Lipinski definition) is 2. The zero-order valence-electron chi connectivity index (χ0n) is 9.19. The molecule has 0 aliphatic carbocycles. The first-order valence-corrected chi connectivity index (χ1v) is 5.78. The minimum Gasteiger partial charge on any atom is -0.299 e. The molecule has 0 spiro atoms. The van der Waals surface area contributed by atoms with E-state index >= 15 is 0 Å². The van der Waals surface area contributed by atoms with Crippen molar-refractivity contribution < 1.29 is 4.79 Å². The lowest BCUT2D eigenvalue weighted by molar-refractivity contribution is -0.128. The van der Waals surface area contributed by atoms with Crippen molar-refractivity contribution in [3.63, 3.8) is 0 Å². The molecule has 0 aromatic heterocycles. The van der Waals surface area contributed by atoms with E-state index in [4.69, 9.17) is 0 Å². The Morgan fingerprint density at radius 1 is 1.33 bits per heavy atom. The fourth-order valence-corrected chi connectivity index (χ4v) is 3.12. The number of piperidine rings is 1.